The van der Waals surface area contributed by atoms with Crippen molar-refractivity contribution >= 4 is 35.0 Å². The van der Waals surface area contributed by atoms with Gasteiger partial charge in [0.15, 0.2) is 0 Å². The maximum atomic E-state index is 12.3. The van der Waals surface area contributed by atoms with Crippen LogP contribution in [0.25, 0.3) is 5.69 Å². The van der Waals surface area contributed by atoms with Crippen molar-refractivity contribution < 1.29 is 4.79 Å². The van der Waals surface area contributed by atoms with E-state index in [1.54, 1.807) is 16.8 Å². The number of benzene rings is 2. The first-order chi connectivity index (χ1) is 13.4. The van der Waals surface area contributed by atoms with Crippen molar-refractivity contribution in [2.24, 2.45) is 0 Å². The number of nitrogens with one attached hydrogen (secondary N) is 1. The lowest BCUT2D eigenvalue weighted by Gasteiger charge is -2.12. The standard InChI is InChI=1S/C19H17ClN6OS/c1-11-6-12(2)18(13(3)7-11)26-19(23-24-25-26)28-10-17(27)22-16-5-4-14(9-21)8-15(16)20/h4-8H,10H2,1-3H3,(H,22,27). The molecule has 1 heterocycles. The van der Waals surface area contributed by atoms with Crippen LogP contribution in [0.5, 0.6) is 0 Å². The third-order valence-corrected chi connectivity index (χ3v) is 5.22. The molecule has 28 heavy (non-hydrogen) atoms. The number of rotatable bonds is 5. The van der Waals surface area contributed by atoms with Crippen LogP contribution in [0.4, 0.5) is 5.69 Å². The Bertz CT molecular complexity index is 1070. The molecule has 3 aromatic rings. The number of anilines is 1. The molecular formula is C19H17ClN6OS. The van der Waals surface area contributed by atoms with Gasteiger partial charge in [-0.15, -0.1) is 5.10 Å². The van der Waals surface area contributed by atoms with E-state index in [0.29, 0.717) is 21.4 Å². The van der Waals surface area contributed by atoms with Crippen molar-refractivity contribution in [3.05, 3.63) is 57.6 Å². The molecule has 1 N–H and O–H groups in total. The number of amides is 1. The number of carbonyl (C=O) groups excluding carboxylic acids is 1. The molecule has 0 radical (unpaired) electrons. The zero-order valence-corrected chi connectivity index (χ0v) is 17.1. The van der Waals surface area contributed by atoms with E-state index in [-0.39, 0.29) is 11.7 Å². The van der Waals surface area contributed by atoms with Crippen LogP contribution >= 0.6 is 23.4 Å². The smallest absolute Gasteiger partial charge is 0.234 e. The molecule has 0 fully saturated rings. The number of nitriles is 1. The second kappa shape index (κ2) is 8.42. The summed E-state index contributed by atoms with van der Waals surface area (Å²) >= 11 is 7.33. The quantitative estimate of drug-likeness (QED) is 0.639. The Morgan fingerprint density at radius 1 is 1.25 bits per heavy atom. The van der Waals surface area contributed by atoms with Crippen molar-refractivity contribution in [1.82, 2.24) is 20.2 Å². The van der Waals surface area contributed by atoms with Gasteiger partial charge in [-0.2, -0.15) is 9.94 Å². The minimum absolute atomic E-state index is 0.112. The molecule has 142 valence electrons. The van der Waals surface area contributed by atoms with E-state index >= 15 is 0 Å². The van der Waals surface area contributed by atoms with Crippen molar-refractivity contribution in [1.29, 1.82) is 5.26 Å². The molecule has 0 bridgehead atoms. The van der Waals surface area contributed by atoms with E-state index in [1.807, 2.05) is 26.8 Å². The summed E-state index contributed by atoms with van der Waals surface area (Å²) in [5.41, 5.74) is 5.07. The highest BCUT2D eigenvalue weighted by molar-refractivity contribution is 7.99. The van der Waals surface area contributed by atoms with Crippen LogP contribution in [0, 0.1) is 32.1 Å². The zero-order valence-electron chi connectivity index (χ0n) is 15.5. The zero-order chi connectivity index (χ0) is 20.3. The number of thioether (sulfide) groups is 1. The fourth-order valence-electron chi connectivity index (χ4n) is 2.92. The van der Waals surface area contributed by atoms with Crippen molar-refractivity contribution in [3.63, 3.8) is 0 Å². The van der Waals surface area contributed by atoms with Crippen LogP contribution < -0.4 is 5.32 Å². The predicted octanol–water partition coefficient (Wildman–Crippen LogP) is 3.84. The summed E-state index contributed by atoms with van der Waals surface area (Å²) in [6, 6.07) is 10.8. The molecule has 0 aliphatic rings. The molecule has 0 spiro atoms. The third-order valence-electron chi connectivity index (χ3n) is 3.99. The van der Waals surface area contributed by atoms with Gasteiger partial charge >= 0.3 is 0 Å². The van der Waals surface area contributed by atoms with E-state index in [1.165, 1.54) is 23.4 Å². The van der Waals surface area contributed by atoms with E-state index in [0.717, 1.165) is 16.8 Å². The molecule has 0 saturated carbocycles. The SMILES string of the molecule is Cc1cc(C)c(-n2nnnc2SCC(=O)Nc2ccc(C#N)cc2Cl)c(C)c1. The van der Waals surface area contributed by atoms with Crippen LogP contribution in [0.3, 0.4) is 0 Å². The first kappa shape index (κ1) is 19.9. The molecule has 0 aliphatic heterocycles. The molecule has 1 amide bonds. The van der Waals surface area contributed by atoms with Gasteiger partial charge in [0, 0.05) is 0 Å². The number of tetrazole rings is 1. The number of halogens is 1. The molecule has 0 saturated heterocycles. The lowest BCUT2D eigenvalue weighted by Crippen LogP contribution is -2.15. The summed E-state index contributed by atoms with van der Waals surface area (Å²) in [7, 11) is 0. The van der Waals surface area contributed by atoms with E-state index in [2.05, 4.69) is 33.0 Å². The fourth-order valence-corrected chi connectivity index (χ4v) is 3.82. The molecule has 2 aromatic carbocycles. The average Bonchev–Trinajstić information content (AvgIpc) is 3.09. The van der Waals surface area contributed by atoms with Crippen LogP contribution in [-0.2, 0) is 4.79 Å². The summed E-state index contributed by atoms with van der Waals surface area (Å²) in [6.45, 7) is 6.05. The van der Waals surface area contributed by atoms with Crippen LogP contribution in [-0.4, -0.2) is 31.9 Å². The second-order valence-corrected chi connectivity index (χ2v) is 7.61. The minimum Gasteiger partial charge on any atom is -0.324 e. The Labute approximate surface area is 171 Å². The number of hydrogen-bond donors (Lipinski definition) is 1. The molecule has 0 unspecified atom stereocenters. The first-order valence-electron chi connectivity index (χ1n) is 8.38. The maximum Gasteiger partial charge on any atom is 0.234 e. The number of carbonyl (C=O) groups is 1. The summed E-state index contributed by atoms with van der Waals surface area (Å²) in [4.78, 5) is 12.3. The highest BCUT2D eigenvalue weighted by atomic mass is 35.5. The van der Waals surface area contributed by atoms with E-state index < -0.39 is 0 Å². The number of nitrogens with zero attached hydrogens (tertiary/aromatic N) is 5. The lowest BCUT2D eigenvalue weighted by molar-refractivity contribution is -0.113. The highest BCUT2D eigenvalue weighted by Crippen LogP contribution is 2.26. The molecule has 9 heteroatoms. The predicted molar refractivity (Wildman–Crippen MR) is 109 cm³/mol. The number of aromatic nitrogens is 4. The summed E-state index contributed by atoms with van der Waals surface area (Å²) < 4.78 is 1.65. The van der Waals surface area contributed by atoms with Crippen LogP contribution in [0.2, 0.25) is 5.02 Å². The first-order valence-corrected chi connectivity index (χ1v) is 9.74. The van der Waals surface area contributed by atoms with E-state index in [4.69, 9.17) is 16.9 Å². The highest BCUT2D eigenvalue weighted by Gasteiger charge is 2.16. The van der Waals surface area contributed by atoms with Crippen LogP contribution in [0.15, 0.2) is 35.5 Å². The van der Waals surface area contributed by atoms with Gasteiger partial charge in [-0.25, -0.2) is 0 Å². The van der Waals surface area contributed by atoms with Crippen molar-refractivity contribution in [2.75, 3.05) is 11.1 Å². The Balaban J connectivity index is 1.72. The summed E-state index contributed by atoms with van der Waals surface area (Å²) in [5, 5.41) is 24.3. The third kappa shape index (κ3) is 4.32. The number of aryl methyl sites for hydroxylation is 3. The van der Waals surface area contributed by atoms with Gasteiger partial charge in [0.2, 0.25) is 11.1 Å². The van der Waals surface area contributed by atoms with Crippen LogP contribution in [0.1, 0.15) is 22.3 Å². The largest absolute Gasteiger partial charge is 0.324 e. The van der Waals surface area contributed by atoms with Gasteiger partial charge in [-0.1, -0.05) is 41.1 Å². The monoisotopic (exact) mass is 412 g/mol. The van der Waals surface area contributed by atoms with Crippen molar-refractivity contribution in [3.8, 4) is 11.8 Å². The maximum absolute atomic E-state index is 12.3. The van der Waals surface area contributed by atoms with Gasteiger partial charge in [-0.05, 0) is 60.5 Å². The minimum atomic E-state index is -0.247. The average molecular weight is 413 g/mol. The lowest BCUT2D eigenvalue weighted by atomic mass is 10.1. The van der Waals surface area contributed by atoms with Gasteiger partial charge in [-0.3, -0.25) is 4.79 Å². The summed E-state index contributed by atoms with van der Waals surface area (Å²) in [5.74, 6) is -0.135. The second-order valence-electron chi connectivity index (χ2n) is 6.26. The molecular weight excluding hydrogens is 396 g/mol. The van der Waals surface area contributed by atoms with Gasteiger partial charge in [0.25, 0.3) is 0 Å². The Morgan fingerprint density at radius 3 is 2.61 bits per heavy atom. The summed E-state index contributed by atoms with van der Waals surface area (Å²) in [6.07, 6.45) is 0. The Hall–Kier alpha value is -2.89. The molecule has 0 aliphatic carbocycles. The van der Waals surface area contributed by atoms with Gasteiger partial charge < -0.3 is 5.32 Å². The van der Waals surface area contributed by atoms with E-state index in [9.17, 15) is 4.79 Å². The molecule has 1 aromatic heterocycles. The normalized spacial score (nSPS) is 10.5. The van der Waals surface area contributed by atoms with Gasteiger partial charge in [0.1, 0.15) is 0 Å². The number of hydrogen-bond acceptors (Lipinski definition) is 6. The fraction of sp³-hybridized carbons (Fsp3) is 0.211. The Morgan fingerprint density at radius 2 is 1.96 bits per heavy atom. The molecule has 0 atom stereocenters. The topological polar surface area (TPSA) is 96.5 Å². The van der Waals surface area contributed by atoms with Gasteiger partial charge in [0.05, 0.1) is 33.8 Å². The molecule has 7 nitrogen and oxygen atoms in total. The Kier molecular flexibility index (Phi) is 5.97. The molecule has 3 rings (SSSR count). The van der Waals surface area contributed by atoms with Crippen molar-refractivity contribution in [2.45, 2.75) is 25.9 Å².